The molecule has 0 atom stereocenters. The number of carbonyl (C=O) groups is 1. The molecule has 0 aromatic rings. The summed E-state index contributed by atoms with van der Waals surface area (Å²) >= 11 is 0. The number of carbonyl (C=O) groups excluding carboxylic acids is 1. The van der Waals surface area contributed by atoms with Crippen molar-refractivity contribution in [3.05, 3.63) is 0 Å². The van der Waals surface area contributed by atoms with Crippen molar-refractivity contribution in [1.82, 2.24) is 10.2 Å². The number of hydrogen-bond acceptors (Lipinski definition) is 4. The Balaban J connectivity index is 1.62. The maximum absolute atomic E-state index is 11.2. The highest BCUT2D eigenvalue weighted by atomic mass is 17.2. The van der Waals surface area contributed by atoms with Crippen LogP contribution in [0.15, 0.2) is 0 Å². The molecule has 2 aliphatic rings. The summed E-state index contributed by atoms with van der Waals surface area (Å²) in [5.74, 6) is 0. The Labute approximate surface area is 83.3 Å². The average Bonchev–Trinajstić information content (AvgIpc) is 2.14. The van der Waals surface area contributed by atoms with Crippen LogP contribution in [-0.2, 0) is 9.78 Å². The first-order valence-corrected chi connectivity index (χ1v) is 5.19. The summed E-state index contributed by atoms with van der Waals surface area (Å²) in [5.41, 5.74) is 0. The van der Waals surface area contributed by atoms with E-state index in [2.05, 4.69) is 5.32 Å². The van der Waals surface area contributed by atoms with Crippen molar-refractivity contribution >= 4 is 6.09 Å². The predicted octanol–water partition coefficient (Wildman–Crippen LogP) is 0.512. The summed E-state index contributed by atoms with van der Waals surface area (Å²) in [6.07, 6.45) is 2.62. The normalized spacial score (nSPS) is 23.0. The molecule has 0 saturated carbocycles. The van der Waals surface area contributed by atoms with Crippen LogP contribution in [-0.4, -0.2) is 43.3 Å². The summed E-state index contributed by atoms with van der Waals surface area (Å²) in [6.45, 7) is 3.47. The maximum Gasteiger partial charge on any atom is 0.441 e. The van der Waals surface area contributed by atoms with Gasteiger partial charge in [-0.3, -0.25) is 4.89 Å². The van der Waals surface area contributed by atoms with Crippen LogP contribution in [0.3, 0.4) is 0 Å². The molecule has 2 heterocycles. The van der Waals surface area contributed by atoms with Crippen molar-refractivity contribution in [1.29, 1.82) is 0 Å². The summed E-state index contributed by atoms with van der Waals surface area (Å²) < 4.78 is 0. The maximum atomic E-state index is 11.2. The predicted molar refractivity (Wildman–Crippen MR) is 49.6 cm³/mol. The number of rotatable bonds is 2. The third-order valence-electron chi connectivity index (χ3n) is 2.66. The van der Waals surface area contributed by atoms with E-state index >= 15 is 0 Å². The highest BCUT2D eigenvalue weighted by Crippen LogP contribution is 2.11. The zero-order chi connectivity index (χ0) is 9.80. The highest BCUT2D eigenvalue weighted by molar-refractivity contribution is 5.67. The highest BCUT2D eigenvalue weighted by Gasteiger charge is 2.24. The molecule has 5 heteroatoms. The van der Waals surface area contributed by atoms with Gasteiger partial charge in [-0.2, -0.15) is 4.89 Å². The molecule has 1 amide bonds. The van der Waals surface area contributed by atoms with Crippen LogP contribution < -0.4 is 5.32 Å². The molecule has 2 rings (SSSR count). The molecular formula is C9H16N2O3. The van der Waals surface area contributed by atoms with Gasteiger partial charge in [-0.25, -0.2) is 4.79 Å². The van der Waals surface area contributed by atoms with E-state index < -0.39 is 0 Å². The summed E-state index contributed by atoms with van der Waals surface area (Å²) in [4.78, 5) is 22.7. The van der Waals surface area contributed by atoms with Crippen molar-refractivity contribution in [3.8, 4) is 0 Å². The minimum Gasteiger partial charge on any atom is -0.317 e. The van der Waals surface area contributed by atoms with Gasteiger partial charge in [0.2, 0.25) is 0 Å². The molecule has 0 aromatic carbocycles. The molecular weight excluding hydrogens is 184 g/mol. The first kappa shape index (κ1) is 9.73. The lowest BCUT2D eigenvalue weighted by molar-refractivity contribution is -0.284. The van der Waals surface area contributed by atoms with Crippen LogP contribution in [0.2, 0.25) is 0 Å². The van der Waals surface area contributed by atoms with Crippen LogP contribution in [0.25, 0.3) is 0 Å². The van der Waals surface area contributed by atoms with Crippen LogP contribution in [0.4, 0.5) is 4.79 Å². The van der Waals surface area contributed by atoms with Crippen molar-refractivity contribution in [2.24, 2.45) is 0 Å². The fourth-order valence-electron chi connectivity index (χ4n) is 1.55. The van der Waals surface area contributed by atoms with E-state index in [9.17, 15) is 4.79 Å². The van der Waals surface area contributed by atoms with Gasteiger partial charge in [0, 0.05) is 13.1 Å². The van der Waals surface area contributed by atoms with Crippen molar-refractivity contribution < 1.29 is 14.6 Å². The average molecular weight is 200 g/mol. The molecule has 1 N–H and O–H groups in total. The Hall–Kier alpha value is -0.810. The van der Waals surface area contributed by atoms with E-state index in [1.165, 1.54) is 0 Å². The van der Waals surface area contributed by atoms with Gasteiger partial charge >= 0.3 is 6.09 Å². The number of nitrogens with one attached hydrogen (secondary N) is 1. The van der Waals surface area contributed by atoms with E-state index in [0.29, 0.717) is 0 Å². The smallest absolute Gasteiger partial charge is 0.317 e. The standard InChI is InChI=1S/C9H16N2O3/c12-9(11-6-1-7-11)14-13-8-2-4-10-5-3-8/h8,10H,1-7H2. The fraction of sp³-hybridized carbons (Fsp3) is 0.889. The van der Waals surface area contributed by atoms with Gasteiger partial charge in [0.1, 0.15) is 6.10 Å². The van der Waals surface area contributed by atoms with Crippen LogP contribution in [0.5, 0.6) is 0 Å². The third kappa shape index (κ3) is 2.36. The van der Waals surface area contributed by atoms with Gasteiger partial charge < -0.3 is 10.2 Å². The van der Waals surface area contributed by atoms with Gasteiger partial charge in [-0.15, -0.1) is 0 Å². The summed E-state index contributed by atoms with van der Waals surface area (Å²) in [5, 5.41) is 3.22. The molecule has 0 bridgehead atoms. The number of piperidine rings is 1. The Morgan fingerprint density at radius 3 is 2.57 bits per heavy atom. The largest absolute Gasteiger partial charge is 0.441 e. The third-order valence-corrected chi connectivity index (χ3v) is 2.66. The van der Waals surface area contributed by atoms with E-state index in [4.69, 9.17) is 9.78 Å². The van der Waals surface area contributed by atoms with E-state index in [1.807, 2.05) is 0 Å². The first-order valence-electron chi connectivity index (χ1n) is 5.19. The topological polar surface area (TPSA) is 50.8 Å². The zero-order valence-electron chi connectivity index (χ0n) is 8.20. The number of nitrogens with zero attached hydrogens (tertiary/aromatic N) is 1. The van der Waals surface area contributed by atoms with E-state index in [0.717, 1.165) is 45.4 Å². The van der Waals surface area contributed by atoms with Crippen LogP contribution in [0.1, 0.15) is 19.3 Å². The molecule has 0 radical (unpaired) electrons. The van der Waals surface area contributed by atoms with Gasteiger partial charge in [-0.05, 0) is 32.4 Å². The van der Waals surface area contributed by atoms with Gasteiger partial charge in [0.05, 0.1) is 0 Å². The van der Waals surface area contributed by atoms with Gasteiger partial charge in [0.25, 0.3) is 0 Å². The number of amides is 1. The second kappa shape index (κ2) is 4.61. The molecule has 0 aliphatic carbocycles. The minimum absolute atomic E-state index is 0.0708. The molecule has 5 nitrogen and oxygen atoms in total. The molecule has 80 valence electrons. The molecule has 2 saturated heterocycles. The quantitative estimate of drug-likeness (QED) is 0.521. The molecule has 0 aromatic heterocycles. The minimum atomic E-state index is -0.338. The Morgan fingerprint density at radius 2 is 2.00 bits per heavy atom. The molecule has 2 fully saturated rings. The lowest BCUT2D eigenvalue weighted by Gasteiger charge is -2.30. The van der Waals surface area contributed by atoms with Gasteiger partial charge in [0.15, 0.2) is 0 Å². The molecule has 0 unspecified atom stereocenters. The van der Waals surface area contributed by atoms with E-state index in [1.54, 1.807) is 4.90 Å². The molecule has 2 aliphatic heterocycles. The van der Waals surface area contributed by atoms with Crippen LogP contribution >= 0.6 is 0 Å². The number of hydrogen-bond donors (Lipinski definition) is 1. The first-order chi connectivity index (χ1) is 6.86. The number of likely N-dealkylation sites (tertiary alicyclic amines) is 1. The SMILES string of the molecule is O=C(OOC1CCNCC1)N1CCC1. The van der Waals surface area contributed by atoms with E-state index in [-0.39, 0.29) is 12.2 Å². The molecule has 0 spiro atoms. The van der Waals surface area contributed by atoms with Crippen molar-refractivity contribution in [2.45, 2.75) is 25.4 Å². The molecule has 14 heavy (non-hydrogen) atoms. The Bertz CT molecular complexity index is 200. The second-order valence-electron chi connectivity index (χ2n) is 3.74. The summed E-state index contributed by atoms with van der Waals surface area (Å²) in [7, 11) is 0. The lowest BCUT2D eigenvalue weighted by atomic mass is 10.1. The Kier molecular flexibility index (Phi) is 3.21. The monoisotopic (exact) mass is 200 g/mol. The second-order valence-corrected chi connectivity index (χ2v) is 3.74. The fourth-order valence-corrected chi connectivity index (χ4v) is 1.55. The van der Waals surface area contributed by atoms with Crippen molar-refractivity contribution in [3.63, 3.8) is 0 Å². The Morgan fingerprint density at radius 1 is 1.29 bits per heavy atom. The lowest BCUT2D eigenvalue weighted by Crippen LogP contribution is -2.43. The zero-order valence-corrected chi connectivity index (χ0v) is 8.20. The van der Waals surface area contributed by atoms with Crippen LogP contribution in [0, 0.1) is 0 Å². The van der Waals surface area contributed by atoms with Gasteiger partial charge in [-0.1, -0.05) is 0 Å². The van der Waals surface area contributed by atoms with Crippen molar-refractivity contribution in [2.75, 3.05) is 26.2 Å². The summed E-state index contributed by atoms with van der Waals surface area (Å²) in [6, 6.07) is 0.